The van der Waals surface area contributed by atoms with E-state index in [-0.39, 0.29) is 34.1 Å². The van der Waals surface area contributed by atoms with Crippen molar-refractivity contribution in [3.63, 3.8) is 0 Å². The summed E-state index contributed by atoms with van der Waals surface area (Å²) < 4.78 is 68.8. The van der Waals surface area contributed by atoms with Crippen molar-refractivity contribution in [2.45, 2.75) is 0 Å². The Kier molecular flexibility index (Phi) is 16.9. The first-order valence-electron chi connectivity index (χ1n) is 1.33. The SMILES string of the molecule is [Cu+2].[Cu+2].[O]=[Cr](=[O])([O-])[O-].[O]=[Cr](=[O])([O-])[O-]. The van der Waals surface area contributed by atoms with E-state index >= 15 is 0 Å². The van der Waals surface area contributed by atoms with E-state index in [2.05, 4.69) is 0 Å². The third kappa shape index (κ3) is 876. The van der Waals surface area contributed by atoms with Gasteiger partial charge >= 0.3 is 93.2 Å². The molecule has 0 bridgehead atoms. The molecular weight excluding hydrogens is 359 g/mol. The zero-order valence-electron chi connectivity index (χ0n) is 4.69. The van der Waals surface area contributed by atoms with E-state index in [4.69, 9.17) is 31.8 Å². The van der Waals surface area contributed by atoms with Crippen molar-refractivity contribution in [3.8, 4) is 0 Å². The monoisotopic (exact) mass is 358 g/mol. The summed E-state index contributed by atoms with van der Waals surface area (Å²) in [6.45, 7) is 0. The van der Waals surface area contributed by atoms with E-state index in [9.17, 15) is 0 Å². The summed E-state index contributed by atoms with van der Waals surface area (Å²) in [5.41, 5.74) is 0. The van der Waals surface area contributed by atoms with Gasteiger partial charge in [0.1, 0.15) is 0 Å². The molecular formula is Cr2Cu2O8. The molecule has 0 atom stereocenters. The van der Waals surface area contributed by atoms with E-state index in [0.717, 1.165) is 0 Å². The van der Waals surface area contributed by atoms with Crippen LogP contribution in [-0.2, 0) is 76.6 Å². The predicted octanol–water partition coefficient (Wildman–Crippen LogP) is -5.24. The van der Waals surface area contributed by atoms with Crippen LogP contribution in [0.25, 0.3) is 0 Å². The van der Waals surface area contributed by atoms with Crippen LogP contribution >= 0.6 is 0 Å². The Morgan fingerprint density at radius 2 is 0.583 bits per heavy atom. The molecule has 0 aromatic carbocycles. The van der Waals surface area contributed by atoms with Crippen molar-refractivity contribution >= 4 is 0 Å². The summed E-state index contributed by atoms with van der Waals surface area (Å²) in [5, 5.41) is 0. The molecule has 0 aromatic rings. The molecule has 0 amide bonds. The summed E-state index contributed by atoms with van der Waals surface area (Å²) in [4.78, 5) is 0. The van der Waals surface area contributed by atoms with Gasteiger partial charge in [0.2, 0.25) is 0 Å². The van der Waals surface area contributed by atoms with Crippen LogP contribution in [0.2, 0.25) is 0 Å². The summed E-state index contributed by atoms with van der Waals surface area (Å²) in [6.07, 6.45) is 0. The normalized spacial score (nSPS) is 9.67. The predicted molar refractivity (Wildman–Crippen MR) is 2.75 cm³/mol. The van der Waals surface area contributed by atoms with Crippen molar-refractivity contribution in [1.29, 1.82) is 0 Å². The molecule has 0 unspecified atom stereocenters. The van der Waals surface area contributed by atoms with Crippen LogP contribution in [0.15, 0.2) is 0 Å². The van der Waals surface area contributed by atoms with Gasteiger partial charge in [-0.2, -0.15) is 0 Å². The number of rotatable bonds is 0. The van der Waals surface area contributed by atoms with Gasteiger partial charge in [-0.3, -0.25) is 0 Å². The number of hydrogen-bond donors (Lipinski definition) is 0. The fraction of sp³-hybridized carbons (Fsp3) is 0. The Balaban J connectivity index is -0.0000000457. The Morgan fingerprint density at radius 3 is 0.583 bits per heavy atom. The van der Waals surface area contributed by atoms with Gasteiger partial charge in [-0.15, -0.1) is 0 Å². The fourth-order valence-electron chi connectivity index (χ4n) is 0. The average molecular weight is 359 g/mol. The van der Waals surface area contributed by atoms with Gasteiger partial charge in [-0.05, 0) is 0 Å². The third-order valence-corrected chi connectivity index (χ3v) is 0. The van der Waals surface area contributed by atoms with E-state index < -0.39 is 27.2 Å². The van der Waals surface area contributed by atoms with Gasteiger partial charge < -0.3 is 0 Å². The molecule has 0 aromatic heterocycles. The first kappa shape index (κ1) is 23.2. The zero-order valence-corrected chi connectivity index (χ0v) is 9.12. The van der Waals surface area contributed by atoms with Gasteiger partial charge in [0.15, 0.2) is 0 Å². The van der Waals surface area contributed by atoms with Crippen LogP contribution in [0.5, 0.6) is 0 Å². The molecule has 0 aliphatic carbocycles. The molecule has 12 heavy (non-hydrogen) atoms. The first-order chi connectivity index (χ1) is 4.00. The average Bonchev–Trinajstić information content (AvgIpc) is 1.12. The van der Waals surface area contributed by atoms with Crippen LogP contribution < -0.4 is 16.6 Å². The molecule has 0 spiro atoms. The summed E-state index contributed by atoms with van der Waals surface area (Å²) in [5.74, 6) is 0. The molecule has 0 rings (SSSR count). The minimum atomic E-state index is -5.75. The Hall–Kier alpha value is 1.14. The van der Waals surface area contributed by atoms with E-state index in [1.165, 1.54) is 0 Å². The molecule has 82 valence electrons. The Morgan fingerprint density at radius 1 is 0.583 bits per heavy atom. The summed E-state index contributed by atoms with van der Waals surface area (Å²) in [7, 11) is 0. The maximum absolute atomic E-state index is 8.59. The number of hydrogen-bond acceptors (Lipinski definition) is 8. The molecule has 0 saturated carbocycles. The van der Waals surface area contributed by atoms with Crippen LogP contribution in [0.1, 0.15) is 0 Å². The molecule has 8 nitrogen and oxygen atoms in total. The second-order valence-corrected chi connectivity index (χ2v) is 3.37. The van der Waals surface area contributed by atoms with Crippen LogP contribution in [-0.4, -0.2) is 0 Å². The van der Waals surface area contributed by atoms with Crippen LogP contribution in [0.4, 0.5) is 0 Å². The van der Waals surface area contributed by atoms with Crippen molar-refractivity contribution in [2.24, 2.45) is 0 Å². The van der Waals surface area contributed by atoms with Gasteiger partial charge in [0.25, 0.3) is 0 Å². The Bertz CT molecular complexity index is 211. The molecule has 2 radical (unpaired) electrons. The van der Waals surface area contributed by atoms with Crippen molar-refractivity contribution < 1.29 is 93.2 Å². The molecule has 0 N–H and O–H groups in total. The topological polar surface area (TPSA) is 161 Å². The standard InChI is InChI=1S/2Cr.2Cu.8O/q;;2*+2;;;;;4*-1. The van der Waals surface area contributed by atoms with Gasteiger partial charge in [-0.1, -0.05) is 0 Å². The molecule has 0 heterocycles. The van der Waals surface area contributed by atoms with Gasteiger partial charge in [0, 0.05) is 0 Å². The Labute approximate surface area is 92.7 Å². The van der Waals surface area contributed by atoms with E-state index in [0.29, 0.717) is 0 Å². The van der Waals surface area contributed by atoms with Crippen molar-refractivity contribution in [2.75, 3.05) is 0 Å². The molecule has 0 aliphatic rings. The van der Waals surface area contributed by atoms with E-state index in [1.54, 1.807) is 0 Å². The fourth-order valence-corrected chi connectivity index (χ4v) is 0. The molecule has 12 heteroatoms. The molecule has 0 aliphatic heterocycles. The van der Waals surface area contributed by atoms with Crippen molar-refractivity contribution in [3.05, 3.63) is 0 Å². The first-order valence-corrected chi connectivity index (χ1v) is 5.50. The van der Waals surface area contributed by atoms with E-state index in [1.807, 2.05) is 0 Å². The zero-order chi connectivity index (χ0) is 9.00. The minimum absolute atomic E-state index is 0. The summed E-state index contributed by atoms with van der Waals surface area (Å²) >= 11 is -11.5. The summed E-state index contributed by atoms with van der Waals surface area (Å²) in [6, 6.07) is 0. The maximum atomic E-state index is 8.59. The van der Waals surface area contributed by atoms with Crippen LogP contribution in [0, 0.1) is 0 Å². The molecule has 0 fully saturated rings. The van der Waals surface area contributed by atoms with Gasteiger partial charge in [0.05, 0.1) is 0 Å². The quantitative estimate of drug-likeness (QED) is 0.388. The van der Waals surface area contributed by atoms with Crippen LogP contribution in [0.3, 0.4) is 0 Å². The second kappa shape index (κ2) is 8.73. The third-order valence-electron chi connectivity index (χ3n) is 0. The second-order valence-electron chi connectivity index (χ2n) is 0.816. The van der Waals surface area contributed by atoms with Crippen molar-refractivity contribution in [1.82, 2.24) is 0 Å². The van der Waals surface area contributed by atoms with Gasteiger partial charge in [-0.25, -0.2) is 0 Å². The molecule has 0 saturated heterocycles.